The molecule has 456 valence electrons. The Morgan fingerprint density at radius 1 is 0.436 bits per heavy atom. The van der Waals surface area contributed by atoms with Crippen LogP contribution in [0.5, 0.6) is 0 Å². The number of allylic oxidation sites excluding steroid dienone is 8. The molecule has 0 saturated carbocycles. The number of carbonyl (C=O) groups excluding carboxylic acids is 1. The number of aliphatic hydroxyl groups excluding tert-OH is 7. The van der Waals surface area contributed by atoms with Gasteiger partial charge in [0, 0.05) is 13.0 Å². The van der Waals surface area contributed by atoms with Crippen molar-refractivity contribution >= 4 is 5.97 Å². The second kappa shape index (κ2) is 50.7. The van der Waals surface area contributed by atoms with Gasteiger partial charge in [0.2, 0.25) is 0 Å². The number of ether oxygens (including phenoxy) is 6. The summed E-state index contributed by atoms with van der Waals surface area (Å²) >= 11 is 0. The third-order valence-electron chi connectivity index (χ3n) is 15.1. The molecule has 2 aliphatic rings. The van der Waals surface area contributed by atoms with Gasteiger partial charge in [0.15, 0.2) is 12.6 Å². The average molecular weight is 1110 g/mol. The Hall–Kier alpha value is -2.05. The van der Waals surface area contributed by atoms with Crippen molar-refractivity contribution in [1.29, 1.82) is 0 Å². The molecule has 11 atom stereocenters. The van der Waals surface area contributed by atoms with Crippen molar-refractivity contribution in [3.63, 3.8) is 0 Å². The summed E-state index contributed by atoms with van der Waals surface area (Å²) in [5.41, 5.74) is 0. The maximum atomic E-state index is 13.1. The van der Waals surface area contributed by atoms with Crippen LogP contribution >= 0.6 is 0 Å². The molecule has 0 bridgehead atoms. The van der Waals surface area contributed by atoms with Gasteiger partial charge in [-0.25, -0.2) is 0 Å². The van der Waals surface area contributed by atoms with Crippen LogP contribution in [-0.4, -0.2) is 142 Å². The van der Waals surface area contributed by atoms with E-state index in [1.807, 2.05) is 0 Å². The maximum absolute atomic E-state index is 13.1. The van der Waals surface area contributed by atoms with Crippen LogP contribution in [0, 0.1) is 0 Å². The fourth-order valence-corrected chi connectivity index (χ4v) is 10.0. The van der Waals surface area contributed by atoms with Crippen molar-refractivity contribution in [2.75, 3.05) is 33.0 Å². The van der Waals surface area contributed by atoms with E-state index in [0.717, 1.165) is 64.2 Å². The quantitative estimate of drug-likeness (QED) is 0.0172. The van der Waals surface area contributed by atoms with E-state index < -0.39 is 80.7 Å². The van der Waals surface area contributed by atoms with E-state index in [1.165, 1.54) is 161 Å². The minimum atomic E-state index is -1.71. The minimum Gasteiger partial charge on any atom is -0.457 e. The number of hydrogen-bond acceptors (Lipinski definition) is 14. The lowest BCUT2D eigenvalue weighted by atomic mass is 9.98. The first-order valence-corrected chi connectivity index (χ1v) is 31.7. The molecule has 11 unspecified atom stereocenters. The molecule has 0 aliphatic carbocycles. The summed E-state index contributed by atoms with van der Waals surface area (Å²) in [6, 6.07) is 0. The van der Waals surface area contributed by atoms with E-state index in [2.05, 4.69) is 62.5 Å². The lowest BCUT2D eigenvalue weighted by Gasteiger charge is -2.42. The standard InChI is InChI=1S/C64H116O14/c1-3-5-7-9-11-13-15-17-19-21-23-24-25-26-27-28-29-30-32-34-36-38-40-42-44-46-48-73-50-53(76-56(66)47-45-43-41-39-37-35-33-31-22-20-18-16-14-12-10-8-6-4-2)51-74-63-62(72)60(70)58(68)55(78-63)52-75-64-61(71)59(69)57(67)54(49-65)77-64/h5,7,11,13,17,19,23-24,53-55,57-65,67-72H,3-4,6,8-10,12,14-16,18,20-22,25-52H2,1-2H3/b7-5-,13-11-,19-17-,24-23-. The van der Waals surface area contributed by atoms with Crippen molar-refractivity contribution < 1.29 is 69.0 Å². The topological polar surface area (TPSA) is 214 Å². The van der Waals surface area contributed by atoms with Crippen LogP contribution in [0.25, 0.3) is 0 Å². The Labute approximate surface area is 473 Å². The molecule has 78 heavy (non-hydrogen) atoms. The van der Waals surface area contributed by atoms with Crippen LogP contribution in [0.3, 0.4) is 0 Å². The summed E-state index contributed by atoms with van der Waals surface area (Å²) < 4.78 is 34.5. The summed E-state index contributed by atoms with van der Waals surface area (Å²) in [6.45, 7) is 3.62. The summed E-state index contributed by atoms with van der Waals surface area (Å²) in [7, 11) is 0. The first-order valence-electron chi connectivity index (χ1n) is 31.7. The number of hydrogen-bond donors (Lipinski definition) is 7. The largest absolute Gasteiger partial charge is 0.457 e. The molecular formula is C64H116O14. The highest BCUT2D eigenvalue weighted by atomic mass is 16.7. The average Bonchev–Trinajstić information content (AvgIpc) is 3.45. The smallest absolute Gasteiger partial charge is 0.306 e. The molecule has 14 nitrogen and oxygen atoms in total. The highest BCUT2D eigenvalue weighted by Crippen LogP contribution is 2.27. The zero-order chi connectivity index (χ0) is 56.5. The molecule has 2 rings (SSSR count). The Morgan fingerprint density at radius 3 is 1.31 bits per heavy atom. The molecule has 0 spiro atoms. The lowest BCUT2D eigenvalue weighted by molar-refractivity contribution is -0.332. The van der Waals surface area contributed by atoms with Gasteiger partial charge in [0.25, 0.3) is 0 Å². The zero-order valence-electron chi connectivity index (χ0n) is 49.2. The molecule has 0 aromatic rings. The predicted octanol–water partition coefficient (Wildman–Crippen LogP) is 12.3. The third-order valence-corrected chi connectivity index (χ3v) is 15.1. The normalized spacial score (nSPS) is 24.4. The van der Waals surface area contributed by atoms with Crippen molar-refractivity contribution in [1.82, 2.24) is 0 Å². The lowest BCUT2D eigenvalue weighted by Crippen LogP contribution is -2.61. The van der Waals surface area contributed by atoms with Gasteiger partial charge in [-0.1, -0.05) is 242 Å². The highest BCUT2D eigenvalue weighted by Gasteiger charge is 2.47. The van der Waals surface area contributed by atoms with E-state index >= 15 is 0 Å². The van der Waals surface area contributed by atoms with Crippen molar-refractivity contribution in [3.8, 4) is 0 Å². The number of aliphatic hydroxyl groups is 7. The molecule has 0 aromatic heterocycles. The van der Waals surface area contributed by atoms with Crippen molar-refractivity contribution in [2.45, 2.75) is 319 Å². The fraction of sp³-hybridized carbons (Fsp3) is 0.859. The van der Waals surface area contributed by atoms with Gasteiger partial charge < -0.3 is 64.2 Å². The third kappa shape index (κ3) is 36.4. The Balaban J connectivity index is 1.66. The van der Waals surface area contributed by atoms with Crippen LogP contribution in [-0.2, 0) is 33.2 Å². The first-order chi connectivity index (χ1) is 38.1. The fourth-order valence-electron chi connectivity index (χ4n) is 10.0. The molecule has 14 heteroatoms. The van der Waals surface area contributed by atoms with Gasteiger partial charge in [-0.05, 0) is 51.4 Å². The number of carbonyl (C=O) groups is 1. The van der Waals surface area contributed by atoms with Crippen LogP contribution in [0.2, 0.25) is 0 Å². The summed E-state index contributed by atoms with van der Waals surface area (Å²) in [5, 5.41) is 72.5. The van der Waals surface area contributed by atoms with Crippen LogP contribution in [0.15, 0.2) is 48.6 Å². The zero-order valence-corrected chi connectivity index (χ0v) is 49.2. The van der Waals surface area contributed by atoms with Gasteiger partial charge in [-0.3, -0.25) is 4.79 Å². The van der Waals surface area contributed by atoms with E-state index in [-0.39, 0.29) is 25.6 Å². The monoisotopic (exact) mass is 1110 g/mol. The number of rotatable bonds is 52. The first kappa shape index (κ1) is 72.1. The molecule has 2 saturated heterocycles. The maximum Gasteiger partial charge on any atom is 0.306 e. The van der Waals surface area contributed by atoms with Crippen molar-refractivity contribution in [3.05, 3.63) is 48.6 Å². The van der Waals surface area contributed by atoms with Crippen LogP contribution < -0.4 is 0 Å². The van der Waals surface area contributed by atoms with Gasteiger partial charge in [-0.2, -0.15) is 0 Å². The van der Waals surface area contributed by atoms with Crippen LogP contribution in [0.1, 0.15) is 251 Å². The van der Waals surface area contributed by atoms with Crippen LogP contribution in [0.4, 0.5) is 0 Å². The van der Waals surface area contributed by atoms with Gasteiger partial charge in [0.1, 0.15) is 54.9 Å². The van der Waals surface area contributed by atoms with E-state index in [1.54, 1.807) is 0 Å². The van der Waals surface area contributed by atoms with E-state index in [0.29, 0.717) is 13.0 Å². The molecule has 7 N–H and O–H groups in total. The molecular weight excluding hydrogens is 993 g/mol. The number of unbranched alkanes of at least 4 members (excludes halogenated alkanes) is 30. The second-order valence-corrected chi connectivity index (χ2v) is 22.2. The summed E-state index contributed by atoms with van der Waals surface area (Å²) in [5.74, 6) is -0.372. The number of esters is 1. The Bertz CT molecular complexity index is 1470. The van der Waals surface area contributed by atoms with E-state index in [4.69, 9.17) is 28.4 Å². The molecule has 0 amide bonds. The molecule has 2 aliphatic heterocycles. The molecule has 0 aromatic carbocycles. The predicted molar refractivity (Wildman–Crippen MR) is 312 cm³/mol. The SMILES string of the molecule is CC/C=C\C/C=C\C/C=C\C/C=C\CCCCCCCCCCCCCCCOCC(COC1OC(COC2OC(CO)C(O)C(O)C2O)C(O)C(O)C1O)OC(=O)CCCCCCCCCCCCCCCCCCCC. The van der Waals surface area contributed by atoms with Crippen molar-refractivity contribution in [2.24, 2.45) is 0 Å². The molecule has 0 radical (unpaired) electrons. The molecule has 2 heterocycles. The summed E-state index contributed by atoms with van der Waals surface area (Å²) in [6.07, 6.45) is 46.0. The second-order valence-electron chi connectivity index (χ2n) is 22.2. The van der Waals surface area contributed by atoms with Gasteiger partial charge in [-0.15, -0.1) is 0 Å². The minimum absolute atomic E-state index is 0.0633. The Kier molecular flexibility index (Phi) is 46.8. The van der Waals surface area contributed by atoms with Gasteiger partial charge >= 0.3 is 5.97 Å². The summed E-state index contributed by atoms with van der Waals surface area (Å²) in [4.78, 5) is 13.1. The van der Waals surface area contributed by atoms with E-state index in [9.17, 15) is 40.5 Å². The van der Waals surface area contributed by atoms with Gasteiger partial charge in [0.05, 0.1) is 26.4 Å². The highest BCUT2D eigenvalue weighted by molar-refractivity contribution is 5.69. The molecule has 2 fully saturated rings. The Morgan fingerprint density at radius 2 is 0.833 bits per heavy atom.